The quantitative estimate of drug-likeness (QED) is 0.345. The third kappa shape index (κ3) is 3.62. The van der Waals surface area contributed by atoms with Gasteiger partial charge in [-0.2, -0.15) is 39.9 Å². The number of hydrogen-bond donors (Lipinski definition) is 0. The highest BCUT2D eigenvalue weighted by Gasteiger charge is 2.49. The topological polar surface area (TPSA) is 87.0 Å². The van der Waals surface area contributed by atoms with Crippen molar-refractivity contribution in [2.45, 2.75) is 11.7 Å². The molecule has 0 aliphatic rings. The number of pyridine rings is 1. The normalized spacial score (nSPS) is 13.1. The van der Waals surface area contributed by atoms with Gasteiger partial charge in [-0.25, -0.2) is 9.31 Å². The van der Waals surface area contributed by atoms with Gasteiger partial charge in [0.1, 0.15) is 11.4 Å². The summed E-state index contributed by atoms with van der Waals surface area (Å²) in [4.78, 5) is 11.3. The number of rotatable bonds is 3. The zero-order valence-corrected chi connectivity index (χ0v) is 12.7. The van der Waals surface area contributed by atoms with Crippen LogP contribution < -0.4 is 4.18 Å². The fourth-order valence-corrected chi connectivity index (χ4v) is 2.15. The second-order valence-corrected chi connectivity index (χ2v) is 5.95. The van der Waals surface area contributed by atoms with Crippen molar-refractivity contribution in [1.29, 1.82) is 0 Å². The molecular weight excluding hydrogens is 386 g/mol. The van der Waals surface area contributed by atoms with Crippen LogP contribution >= 0.6 is 0 Å². The Morgan fingerprint density at radius 3 is 2.20 bits per heavy atom. The first kappa shape index (κ1) is 18.8. The van der Waals surface area contributed by atoms with Crippen LogP contribution in [0.1, 0.15) is 16.2 Å². The number of carbonyl (C=O) groups is 1. The molecule has 2 heterocycles. The van der Waals surface area contributed by atoms with Crippen molar-refractivity contribution in [1.82, 2.24) is 9.61 Å². The Bertz CT molecular complexity index is 931. The molecule has 0 unspecified atom stereocenters. The van der Waals surface area contributed by atoms with Gasteiger partial charge >= 0.3 is 27.8 Å². The summed E-state index contributed by atoms with van der Waals surface area (Å²) < 4.78 is 106. The standard InChI is InChI=1S/C11H6F6N2O5S/c1-23-9(20)7-3-5-2-6(24-25(21,22)11(15,16)17)4-8(10(12,13)14)19(5)18-7/h2-4H,1H3. The van der Waals surface area contributed by atoms with Crippen LogP contribution in [0.5, 0.6) is 5.75 Å². The van der Waals surface area contributed by atoms with Crippen LogP contribution in [-0.2, 0) is 21.0 Å². The average molecular weight is 392 g/mol. The lowest BCUT2D eigenvalue weighted by Gasteiger charge is -2.13. The summed E-state index contributed by atoms with van der Waals surface area (Å²) in [6, 6.07) is 1.30. The van der Waals surface area contributed by atoms with Crippen molar-refractivity contribution >= 4 is 21.6 Å². The van der Waals surface area contributed by atoms with Crippen LogP contribution in [0.15, 0.2) is 18.2 Å². The van der Waals surface area contributed by atoms with Crippen LogP contribution in [0.4, 0.5) is 26.3 Å². The summed E-state index contributed by atoms with van der Waals surface area (Å²) in [5.74, 6) is -2.37. The number of esters is 1. The molecule has 0 spiro atoms. The number of aromatic nitrogens is 2. The molecule has 0 saturated carbocycles. The van der Waals surface area contributed by atoms with Crippen molar-refractivity contribution < 1.29 is 48.5 Å². The summed E-state index contributed by atoms with van der Waals surface area (Å²) in [5.41, 5.74) is -8.62. The van der Waals surface area contributed by atoms with Crippen LogP contribution in [0.2, 0.25) is 0 Å². The third-order valence-corrected chi connectivity index (χ3v) is 3.69. The molecule has 2 rings (SSSR count). The number of nitrogens with zero attached hydrogens (tertiary/aromatic N) is 2. The molecule has 0 aromatic carbocycles. The Labute approximate surface area is 134 Å². The maximum absolute atomic E-state index is 13.1. The largest absolute Gasteiger partial charge is 0.534 e. The number of fused-ring (bicyclic) bond motifs is 1. The molecule has 0 aliphatic carbocycles. The third-order valence-electron chi connectivity index (χ3n) is 2.71. The van der Waals surface area contributed by atoms with Crippen molar-refractivity contribution in [3.63, 3.8) is 0 Å². The molecule has 2 aromatic rings. The predicted octanol–water partition coefficient (Wildman–Crippen LogP) is 2.37. The van der Waals surface area contributed by atoms with Gasteiger partial charge in [-0.3, -0.25) is 0 Å². The van der Waals surface area contributed by atoms with Crippen molar-refractivity contribution in [2.24, 2.45) is 0 Å². The van der Waals surface area contributed by atoms with Crippen LogP contribution in [-0.4, -0.2) is 36.6 Å². The van der Waals surface area contributed by atoms with Gasteiger partial charge in [0.15, 0.2) is 5.69 Å². The Kier molecular flexibility index (Phi) is 4.36. The average Bonchev–Trinajstić information content (AvgIpc) is 2.86. The van der Waals surface area contributed by atoms with E-state index < -0.39 is 50.4 Å². The monoisotopic (exact) mass is 392 g/mol. The minimum atomic E-state index is -6.18. The first-order chi connectivity index (χ1) is 11.3. The van der Waals surface area contributed by atoms with E-state index in [4.69, 9.17) is 0 Å². The van der Waals surface area contributed by atoms with E-state index in [-0.39, 0.29) is 10.6 Å². The molecule has 0 atom stereocenters. The maximum atomic E-state index is 13.1. The zero-order valence-electron chi connectivity index (χ0n) is 11.8. The molecule has 0 saturated heterocycles. The highest BCUT2D eigenvalue weighted by molar-refractivity contribution is 7.88. The van der Waals surface area contributed by atoms with Crippen molar-refractivity contribution in [3.05, 3.63) is 29.6 Å². The number of hydrogen-bond acceptors (Lipinski definition) is 6. The van der Waals surface area contributed by atoms with Crippen LogP contribution in [0.25, 0.3) is 5.52 Å². The van der Waals surface area contributed by atoms with E-state index in [1.807, 2.05) is 0 Å². The Morgan fingerprint density at radius 2 is 1.72 bits per heavy atom. The molecule has 14 heteroatoms. The van der Waals surface area contributed by atoms with Crippen molar-refractivity contribution in [3.8, 4) is 5.75 Å². The van der Waals surface area contributed by atoms with E-state index in [1.54, 1.807) is 0 Å². The molecule has 0 N–H and O–H groups in total. The first-order valence-electron chi connectivity index (χ1n) is 5.96. The Balaban J connectivity index is 2.66. The minimum absolute atomic E-state index is 0.00431. The maximum Gasteiger partial charge on any atom is 0.534 e. The van der Waals surface area contributed by atoms with Crippen LogP contribution in [0.3, 0.4) is 0 Å². The van der Waals surface area contributed by atoms with Gasteiger partial charge in [-0.05, 0) is 6.07 Å². The molecule has 2 aromatic heterocycles. The number of carbonyl (C=O) groups excluding carboxylic acids is 1. The molecule has 0 radical (unpaired) electrons. The van der Waals surface area contributed by atoms with E-state index in [9.17, 15) is 39.6 Å². The minimum Gasteiger partial charge on any atom is -0.464 e. The SMILES string of the molecule is COC(=O)c1cc2cc(OS(=O)(=O)C(F)(F)F)cc(C(F)(F)F)n2n1. The van der Waals surface area contributed by atoms with Gasteiger partial charge in [0.25, 0.3) is 0 Å². The van der Waals surface area contributed by atoms with Gasteiger partial charge in [-0.15, -0.1) is 0 Å². The highest BCUT2D eigenvalue weighted by Crippen LogP contribution is 2.34. The highest BCUT2D eigenvalue weighted by atomic mass is 32.2. The summed E-state index contributed by atoms with van der Waals surface area (Å²) in [7, 11) is -5.25. The molecule has 25 heavy (non-hydrogen) atoms. The van der Waals surface area contributed by atoms with E-state index in [2.05, 4.69) is 14.0 Å². The Morgan fingerprint density at radius 1 is 1.12 bits per heavy atom. The van der Waals surface area contributed by atoms with Crippen LogP contribution in [0, 0.1) is 0 Å². The van der Waals surface area contributed by atoms with E-state index in [1.165, 1.54) is 0 Å². The van der Waals surface area contributed by atoms with E-state index >= 15 is 0 Å². The van der Waals surface area contributed by atoms with Gasteiger partial charge in [0.05, 0.1) is 12.6 Å². The smallest absolute Gasteiger partial charge is 0.464 e. The summed E-state index contributed by atoms with van der Waals surface area (Å²) in [6.45, 7) is 0. The van der Waals surface area contributed by atoms with Gasteiger partial charge in [0.2, 0.25) is 0 Å². The van der Waals surface area contributed by atoms with Gasteiger partial charge < -0.3 is 8.92 Å². The number of methoxy groups -OCH3 is 1. The molecule has 0 bridgehead atoms. The van der Waals surface area contributed by atoms with E-state index in [0.717, 1.165) is 13.2 Å². The summed E-state index contributed by atoms with van der Waals surface area (Å²) in [6.07, 6.45) is -5.14. The zero-order chi connectivity index (χ0) is 19.2. The first-order valence-corrected chi connectivity index (χ1v) is 7.37. The lowest BCUT2D eigenvalue weighted by Crippen LogP contribution is -2.28. The molecule has 0 fully saturated rings. The predicted molar refractivity (Wildman–Crippen MR) is 67.1 cm³/mol. The molecule has 7 nitrogen and oxygen atoms in total. The number of halogens is 6. The molecule has 0 amide bonds. The summed E-state index contributed by atoms with van der Waals surface area (Å²) in [5, 5.41) is 3.33. The fourth-order valence-electron chi connectivity index (χ4n) is 1.70. The number of ether oxygens (including phenoxy) is 1. The van der Waals surface area contributed by atoms with E-state index in [0.29, 0.717) is 6.07 Å². The second kappa shape index (κ2) is 5.79. The summed E-state index contributed by atoms with van der Waals surface area (Å²) >= 11 is 0. The lowest BCUT2D eigenvalue weighted by molar-refractivity contribution is -0.142. The molecule has 138 valence electrons. The van der Waals surface area contributed by atoms with Gasteiger partial charge in [0, 0.05) is 12.1 Å². The Hall–Kier alpha value is -2.51. The molecule has 0 aliphatic heterocycles. The lowest BCUT2D eigenvalue weighted by atomic mass is 10.3. The fraction of sp³-hybridized carbons (Fsp3) is 0.273. The number of alkyl halides is 6. The second-order valence-electron chi connectivity index (χ2n) is 4.42. The van der Waals surface area contributed by atoms with Crippen molar-refractivity contribution in [2.75, 3.05) is 7.11 Å². The molecular formula is C11H6F6N2O5S. The van der Waals surface area contributed by atoms with Gasteiger partial charge in [-0.1, -0.05) is 0 Å².